The second kappa shape index (κ2) is 10.4. The number of carbonyl (C=O) groups excluding carboxylic acids is 1. The monoisotopic (exact) mass is 538 g/mol. The van der Waals surface area contributed by atoms with Gasteiger partial charge in [0.2, 0.25) is 0 Å². The molecule has 1 aliphatic heterocycles. The van der Waals surface area contributed by atoms with Crippen LogP contribution in [0.15, 0.2) is 60.7 Å². The number of ether oxygens (including phenoxy) is 1. The Morgan fingerprint density at radius 1 is 1.00 bits per heavy atom. The van der Waals surface area contributed by atoms with Crippen LogP contribution in [0.25, 0.3) is 11.1 Å². The van der Waals surface area contributed by atoms with Gasteiger partial charge in [-0.1, -0.05) is 48.5 Å². The first kappa shape index (κ1) is 26.2. The van der Waals surface area contributed by atoms with E-state index in [1.54, 1.807) is 17.0 Å². The Balaban J connectivity index is 1.25. The topological polar surface area (TPSA) is 107 Å². The summed E-state index contributed by atoms with van der Waals surface area (Å²) in [5.41, 5.74) is 5.70. The number of piperazine rings is 1. The number of carbonyl (C=O) groups is 1. The maximum absolute atomic E-state index is 13.4. The molecule has 3 aromatic rings. The van der Waals surface area contributed by atoms with Gasteiger partial charge < -0.3 is 24.6 Å². The molecule has 0 radical (unpaired) electrons. The van der Waals surface area contributed by atoms with E-state index in [0.29, 0.717) is 37.4 Å². The van der Waals surface area contributed by atoms with Gasteiger partial charge >= 0.3 is 23.4 Å². The largest absolute Gasteiger partial charge is 0.488 e. The molecule has 11 heteroatoms. The molecule has 2 N–H and O–H groups in total. The molecule has 1 fully saturated rings. The van der Waals surface area contributed by atoms with E-state index in [-0.39, 0.29) is 23.6 Å². The van der Waals surface area contributed by atoms with Gasteiger partial charge in [0, 0.05) is 37.8 Å². The first-order valence-electron chi connectivity index (χ1n) is 12.4. The summed E-state index contributed by atoms with van der Waals surface area (Å²) in [6.45, 7) is 3.29. The fourth-order valence-electron chi connectivity index (χ4n) is 5.40. The molecule has 1 saturated heterocycles. The number of fused-ring (bicyclic) bond motifs is 3. The predicted octanol–water partition coefficient (Wildman–Crippen LogP) is 2.55. The van der Waals surface area contributed by atoms with E-state index in [9.17, 15) is 27.1 Å². The molecule has 38 heavy (non-hydrogen) atoms. The van der Waals surface area contributed by atoms with Crippen molar-refractivity contribution in [2.75, 3.05) is 37.7 Å². The third-order valence-corrected chi connectivity index (χ3v) is 8.04. The fraction of sp³-hybridized carbons (Fsp3) is 0.296. The molecule has 3 aromatic carbocycles. The molecule has 2 aliphatic rings. The zero-order valence-electron chi connectivity index (χ0n) is 20.9. The minimum Gasteiger partial charge on any atom is -0.448 e. The van der Waals surface area contributed by atoms with Gasteiger partial charge in [-0.3, -0.25) is 0 Å². The zero-order chi connectivity index (χ0) is 27.0. The van der Waals surface area contributed by atoms with Crippen LogP contribution in [0.1, 0.15) is 28.2 Å². The van der Waals surface area contributed by atoms with Gasteiger partial charge in [-0.15, -0.1) is 3.89 Å². The van der Waals surface area contributed by atoms with E-state index in [0.717, 1.165) is 22.3 Å². The van der Waals surface area contributed by atoms with E-state index in [1.165, 1.54) is 6.92 Å². The molecular weight excluding hydrogens is 510 g/mol. The summed E-state index contributed by atoms with van der Waals surface area (Å²) in [5.74, 6) is -0.889. The number of benzene rings is 3. The van der Waals surface area contributed by atoms with Gasteiger partial charge in [-0.05, 0) is 57.9 Å². The lowest BCUT2D eigenvalue weighted by atomic mass is 9.75. The highest BCUT2D eigenvalue weighted by Gasteiger charge is 2.31. The molecule has 5 rings (SSSR count). The van der Waals surface area contributed by atoms with Crippen LogP contribution in [-0.2, 0) is 20.7 Å². The highest BCUT2D eigenvalue weighted by molar-refractivity contribution is 7.85. The van der Waals surface area contributed by atoms with Gasteiger partial charge in [-0.25, -0.2) is 4.79 Å². The van der Waals surface area contributed by atoms with Crippen molar-refractivity contribution < 1.29 is 31.9 Å². The van der Waals surface area contributed by atoms with Crippen molar-refractivity contribution in [1.82, 2.24) is 4.90 Å². The Bertz CT molecular complexity index is 1430. The molecule has 198 valence electrons. The highest BCUT2D eigenvalue weighted by Crippen LogP contribution is 2.44. The Morgan fingerprint density at radius 3 is 2.13 bits per heavy atom. The van der Waals surface area contributed by atoms with Crippen molar-refractivity contribution in [3.63, 3.8) is 0 Å². The predicted molar refractivity (Wildman–Crippen MR) is 144 cm³/mol. The standard InChI is InChI=1S/C27H28BFN2O6S/c1-18-19(17-38(29,35)36)14-20(15-26(18)28(33)34)30-10-12-31(13-11-30)27(32)37-16-25-23-8-4-2-6-21(23)22-7-3-5-9-24(22)25/h2-9,14-15,25,33-34H,10-13,16-17H2,1H3. The Kier molecular flexibility index (Phi) is 7.17. The maximum Gasteiger partial charge on any atom is 0.488 e. The number of nitrogens with zero attached hydrogens (tertiary/aromatic N) is 2. The molecule has 0 unspecified atom stereocenters. The molecule has 1 amide bonds. The van der Waals surface area contributed by atoms with Crippen LogP contribution in [0, 0.1) is 6.92 Å². The van der Waals surface area contributed by atoms with Crippen LogP contribution in [0.5, 0.6) is 0 Å². The third-order valence-electron chi connectivity index (χ3n) is 7.39. The Labute approximate surface area is 221 Å². The van der Waals surface area contributed by atoms with Gasteiger partial charge in [0.05, 0.1) is 0 Å². The minimum atomic E-state index is -4.81. The Morgan fingerprint density at radius 2 is 1.58 bits per heavy atom. The van der Waals surface area contributed by atoms with Crippen LogP contribution >= 0.6 is 0 Å². The second-order valence-corrected chi connectivity index (χ2v) is 11.0. The van der Waals surface area contributed by atoms with Crippen LogP contribution in [0.3, 0.4) is 0 Å². The quantitative estimate of drug-likeness (QED) is 0.367. The summed E-state index contributed by atoms with van der Waals surface area (Å²) in [7, 11) is -6.65. The SMILES string of the molecule is Cc1c(CS(=O)(=O)F)cc(N2CCN(C(=O)OCC3c4ccccc4-c4ccccc43)CC2)cc1B(O)O. The van der Waals surface area contributed by atoms with Crippen LogP contribution in [0.4, 0.5) is 14.4 Å². The fourth-order valence-corrected chi connectivity index (χ4v) is 6.07. The van der Waals surface area contributed by atoms with Crippen molar-refractivity contribution in [2.45, 2.75) is 18.6 Å². The van der Waals surface area contributed by atoms with Crippen LogP contribution < -0.4 is 10.4 Å². The van der Waals surface area contributed by atoms with E-state index in [1.807, 2.05) is 29.2 Å². The number of hydrogen-bond donors (Lipinski definition) is 2. The van der Waals surface area contributed by atoms with Gasteiger partial charge in [0.25, 0.3) is 0 Å². The summed E-state index contributed by atoms with van der Waals surface area (Å²) < 4.78 is 41.7. The Hall–Kier alpha value is -3.41. The summed E-state index contributed by atoms with van der Waals surface area (Å²) in [6.07, 6.45) is -0.411. The van der Waals surface area contributed by atoms with Crippen molar-refractivity contribution >= 4 is 34.6 Å². The smallest absolute Gasteiger partial charge is 0.448 e. The molecule has 8 nitrogen and oxygen atoms in total. The van der Waals surface area contributed by atoms with E-state index in [4.69, 9.17) is 4.74 Å². The maximum atomic E-state index is 13.4. The van der Waals surface area contributed by atoms with Gasteiger partial charge in [0.1, 0.15) is 12.4 Å². The van der Waals surface area contributed by atoms with Crippen molar-refractivity contribution in [1.29, 1.82) is 0 Å². The third kappa shape index (κ3) is 5.27. The number of hydrogen-bond acceptors (Lipinski definition) is 7. The molecule has 1 aliphatic carbocycles. The highest BCUT2D eigenvalue weighted by atomic mass is 32.3. The average Bonchev–Trinajstić information content (AvgIpc) is 3.21. The minimum absolute atomic E-state index is 0.0336. The number of amides is 1. The molecule has 0 saturated carbocycles. The average molecular weight is 538 g/mol. The van der Waals surface area contributed by atoms with Crippen LogP contribution in [-0.4, -0.2) is 69.4 Å². The summed E-state index contributed by atoms with van der Waals surface area (Å²) in [6, 6.07) is 19.4. The summed E-state index contributed by atoms with van der Waals surface area (Å²) >= 11 is 0. The lowest BCUT2D eigenvalue weighted by Crippen LogP contribution is -2.49. The van der Waals surface area contributed by atoms with Crippen molar-refractivity contribution in [3.05, 3.63) is 82.9 Å². The second-order valence-electron chi connectivity index (χ2n) is 9.65. The van der Waals surface area contributed by atoms with Gasteiger partial charge in [0.15, 0.2) is 0 Å². The number of rotatable bonds is 6. The number of anilines is 1. The van der Waals surface area contributed by atoms with E-state index >= 15 is 0 Å². The molecule has 1 heterocycles. The lowest BCUT2D eigenvalue weighted by molar-refractivity contribution is 0.0977. The molecule has 0 aromatic heterocycles. The zero-order valence-corrected chi connectivity index (χ0v) is 21.7. The first-order chi connectivity index (χ1) is 18.1. The van der Waals surface area contributed by atoms with Crippen LogP contribution in [0.2, 0.25) is 0 Å². The lowest BCUT2D eigenvalue weighted by Gasteiger charge is -2.36. The molecule has 0 atom stereocenters. The van der Waals surface area contributed by atoms with Gasteiger partial charge in [-0.2, -0.15) is 8.42 Å². The van der Waals surface area contributed by atoms with Crippen molar-refractivity contribution in [2.24, 2.45) is 0 Å². The first-order valence-corrected chi connectivity index (χ1v) is 13.9. The molecular formula is C27H28BFN2O6S. The number of halogens is 1. The van der Waals surface area contributed by atoms with Crippen molar-refractivity contribution in [3.8, 4) is 11.1 Å². The normalized spacial score (nSPS) is 15.3. The summed E-state index contributed by atoms with van der Waals surface area (Å²) in [5, 5.41) is 19.5. The molecule has 0 spiro atoms. The molecule has 0 bridgehead atoms. The van der Waals surface area contributed by atoms with E-state index in [2.05, 4.69) is 24.3 Å². The van der Waals surface area contributed by atoms with E-state index < -0.39 is 29.2 Å². The summed E-state index contributed by atoms with van der Waals surface area (Å²) in [4.78, 5) is 16.4.